The van der Waals surface area contributed by atoms with Gasteiger partial charge in [-0.2, -0.15) is 5.10 Å². The number of carbonyl (C=O) groups excluding carboxylic acids is 1. The maximum Gasteiger partial charge on any atom is 0.254 e. The van der Waals surface area contributed by atoms with Crippen molar-refractivity contribution < 1.29 is 4.79 Å². The van der Waals surface area contributed by atoms with Gasteiger partial charge < -0.3 is 10.6 Å². The molecule has 1 aliphatic heterocycles. The van der Waals surface area contributed by atoms with Crippen LogP contribution in [-0.4, -0.2) is 27.0 Å². The van der Waals surface area contributed by atoms with Gasteiger partial charge in [0.25, 0.3) is 5.91 Å². The van der Waals surface area contributed by atoms with Crippen molar-refractivity contribution in [1.29, 1.82) is 0 Å². The normalized spacial score (nSPS) is 14.7. The molecule has 0 bridgehead atoms. The molecule has 3 aromatic heterocycles. The lowest BCUT2D eigenvalue weighted by Gasteiger charge is -2.23. The second-order valence-electron chi connectivity index (χ2n) is 5.76. The lowest BCUT2D eigenvalue weighted by Crippen LogP contribution is -2.23. The molecule has 0 saturated carbocycles. The standard InChI is InChI=1S/C16H17N5OS/c17-15(22)12-8-19-21-10-11(7-18-16(12)21)9-20-5-2-1-3-14-13(20)4-6-23-14/h4,6-8,10H,1-3,5,9H2,(H2,17,22). The Labute approximate surface area is 137 Å². The highest BCUT2D eigenvalue weighted by Gasteiger charge is 2.17. The van der Waals surface area contributed by atoms with E-state index in [0.29, 0.717) is 11.2 Å². The zero-order chi connectivity index (χ0) is 15.8. The molecule has 0 atom stereocenters. The molecular formula is C16H17N5OS. The molecule has 0 spiro atoms. The second kappa shape index (κ2) is 5.66. The van der Waals surface area contributed by atoms with Gasteiger partial charge in [-0.25, -0.2) is 9.50 Å². The summed E-state index contributed by atoms with van der Waals surface area (Å²) in [7, 11) is 0. The van der Waals surface area contributed by atoms with E-state index in [2.05, 4.69) is 26.4 Å². The Bertz CT molecular complexity index is 868. The van der Waals surface area contributed by atoms with Crippen LogP contribution >= 0.6 is 11.3 Å². The minimum atomic E-state index is -0.504. The van der Waals surface area contributed by atoms with E-state index in [1.807, 2.05) is 17.5 Å². The maximum absolute atomic E-state index is 11.3. The number of primary amides is 1. The number of anilines is 1. The topological polar surface area (TPSA) is 76.5 Å². The number of hydrogen-bond donors (Lipinski definition) is 1. The number of nitrogens with zero attached hydrogens (tertiary/aromatic N) is 4. The van der Waals surface area contributed by atoms with Crippen molar-refractivity contribution in [2.45, 2.75) is 25.8 Å². The minimum Gasteiger partial charge on any atom is -0.366 e. The largest absolute Gasteiger partial charge is 0.366 e. The van der Waals surface area contributed by atoms with Crippen LogP contribution in [0.5, 0.6) is 0 Å². The highest BCUT2D eigenvalue weighted by atomic mass is 32.1. The lowest BCUT2D eigenvalue weighted by molar-refractivity contribution is 0.100. The lowest BCUT2D eigenvalue weighted by atomic mass is 10.2. The minimum absolute atomic E-state index is 0.353. The summed E-state index contributed by atoms with van der Waals surface area (Å²) in [6.45, 7) is 1.84. The zero-order valence-corrected chi connectivity index (χ0v) is 13.4. The first-order valence-corrected chi connectivity index (χ1v) is 8.54. The van der Waals surface area contributed by atoms with Gasteiger partial charge in [-0.05, 0) is 30.7 Å². The fourth-order valence-electron chi connectivity index (χ4n) is 3.06. The van der Waals surface area contributed by atoms with Crippen LogP contribution in [0, 0.1) is 0 Å². The SMILES string of the molecule is NC(=O)c1cnn2cc(CN3CCCCc4sccc43)cnc12. The van der Waals surface area contributed by atoms with Gasteiger partial charge in [0, 0.05) is 35.9 Å². The first-order valence-electron chi connectivity index (χ1n) is 7.66. The highest BCUT2D eigenvalue weighted by Crippen LogP contribution is 2.31. The van der Waals surface area contributed by atoms with E-state index in [-0.39, 0.29) is 0 Å². The predicted octanol–water partition coefficient (Wildman–Crippen LogP) is 2.23. The molecule has 2 N–H and O–H groups in total. The molecule has 118 valence electrons. The third kappa shape index (κ3) is 2.57. The molecule has 0 radical (unpaired) electrons. The highest BCUT2D eigenvalue weighted by molar-refractivity contribution is 7.10. The van der Waals surface area contributed by atoms with E-state index >= 15 is 0 Å². The smallest absolute Gasteiger partial charge is 0.254 e. The van der Waals surface area contributed by atoms with Gasteiger partial charge in [0.05, 0.1) is 11.9 Å². The monoisotopic (exact) mass is 327 g/mol. The molecule has 4 rings (SSSR count). The predicted molar refractivity (Wildman–Crippen MR) is 89.8 cm³/mol. The van der Waals surface area contributed by atoms with Crippen LogP contribution < -0.4 is 10.6 Å². The van der Waals surface area contributed by atoms with Gasteiger partial charge in [0.2, 0.25) is 0 Å². The van der Waals surface area contributed by atoms with E-state index < -0.39 is 5.91 Å². The van der Waals surface area contributed by atoms with Gasteiger partial charge in [-0.3, -0.25) is 4.79 Å². The summed E-state index contributed by atoms with van der Waals surface area (Å²) in [5, 5.41) is 6.35. The third-order valence-corrected chi connectivity index (χ3v) is 5.16. The Hall–Kier alpha value is -2.41. The Morgan fingerprint density at radius 2 is 2.26 bits per heavy atom. The molecule has 7 heteroatoms. The number of thiophene rings is 1. The molecule has 0 saturated heterocycles. The van der Waals surface area contributed by atoms with Gasteiger partial charge in [-0.1, -0.05) is 0 Å². The summed E-state index contributed by atoms with van der Waals surface area (Å²) in [6, 6.07) is 2.20. The molecule has 23 heavy (non-hydrogen) atoms. The average Bonchev–Trinajstić information content (AvgIpc) is 3.12. The molecule has 0 aliphatic carbocycles. The Balaban J connectivity index is 1.64. The Morgan fingerprint density at radius 3 is 3.13 bits per heavy atom. The summed E-state index contributed by atoms with van der Waals surface area (Å²) in [5.74, 6) is -0.504. The van der Waals surface area contributed by atoms with Crippen molar-refractivity contribution >= 4 is 28.6 Å². The van der Waals surface area contributed by atoms with Gasteiger partial charge in [0.15, 0.2) is 5.65 Å². The molecule has 4 heterocycles. The molecule has 0 fully saturated rings. The van der Waals surface area contributed by atoms with Crippen molar-refractivity contribution in [1.82, 2.24) is 14.6 Å². The number of hydrogen-bond acceptors (Lipinski definition) is 5. The van der Waals surface area contributed by atoms with Crippen LogP contribution in [0.3, 0.4) is 0 Å². The Morgan fingerprint density at radius 1 is 1.35 bits per heavy atom. The van der Waals surface area contributed by atoms with Crippen LogP contribution in [-0.2, 0) is 13.0 Å². The first kappa shape index (κ1) is 14.2. The van der Waals surface area contributed by atoms with Crippen molar-refractivity contribution in [3.05, 3.63) is 46.0 Å². The third-order valence-electron chi connectivity index (χ3n) is 4.19. The summed E-state index contributed by atoms with van der Waals surface area (Å²) < 4.78 is 1.63. The zero-order valence-electron chi connectivity index (χ0n) is 12.6. The summed E-state index contributed by atoms with van der Waals surface area (Å²) in [6.07, 6.45) is 8.80. The fraction of sp³-hybridized carbons (Fsp3) is 0.312. The number of amides is 1. The number of aromatic nitrogens is 3. The van der Waals surface area contributed by atoms with Crippen molar-refractivity contribution in [3.8, 4) is 0 Å². The van der Waals surface area contributed by atoms with Gasteiger partial charge in [-0.15, -0.1) is 11.3 Å². The average molecular weight is 327 g/mol. The number of fused-ring (bicyclic) bond motifs is 2. The van der Waals surface area contributed by atoms with Gasteiger partial charge in [0.1, 0.15) is 5.56 Å². The van der Waals surface area contributed by atoms with E-state index in [0.717, 1.165) is 18.7 Å². The van der Waals surface area contributed by atoms with Crippen LogP contribution in [0.25, 0.3) is 5.65 Å². The Kier molecular flexibility index (Phi) is 3.49. The van der Waals surface area contributed by atoms with Crippen LogP contribution in [0.1, 0.15) is 33.6 Å². The molecular weight excluding hydrogens is 310 g/mol. The van der Waals surface area contributed by atoms with Crippen LogP contribution in [0.2, 0.25) is 0 Å². The van der Waals surface area contributed by atoms with Gasteiger partial charge >= 0.3 is 0 Å². The van der Waals surface area contributed by atoms with Crippen molar-refractivity contribution in [2.75, 3.05) is 11.4 Å². The van der Waals surface area contributed by atoms with Crippen molar-refractivity contribution in [3.63, 3.8) is 0 Å². The number of aryl methyl sites for hydroxylation is 1. The van der Waals surface area contributed by atoms with Crippen molar-refractivity contribution in [2.24, 2.45) is 5.73 Å². The number of rotatable bonds is 3. The first-order chi connectivity index (χ1) is 11.2. The number of carbonyl (C=O) groups is 1. The van der Waals surface area contributed by atoms with E-state index in [1.54, 1.807) is 10.7 Å². The van der Waals surface area contributed by atoms with E-state index in [9.17, 15) is 4.79 Å². The van der Waals surface area contributed by atoms with Crippen LogP contribution in [0.4, 0.5) is 5.69 Å². The molecule has 1 aliphatic rings. The van der Waals surface area contributed by atoms with E-state index in [1.165, 1.54) is 36.0 Å². The van der Waals surface area contributed by atoms with Crippen LogP contribution in [0.15, 0.2) is 30.0 Å². The summed E-state index contributed by atoms with van der Waals surface area (Å²) in [5.41, 5.74) is 8.60. The molecule has 0 aromatic carbocycles. The molecule has 1 amide bonds. The summed E-state index contributed by atoms with van der Waals surface area (Å²) in [4.78, 5) is 19.6. The maximum atomic E-state index is 11.3. The molecule has 0 unspecified atom stereocenters. The molecule has 6 nitrogen and oxygen atoms in total. The second-order valence-corrected chi connectivity index (χ2v) is 6.76. The number of nitrogens with two attached hydrogens (primary N) is 1. The van der Waals surface area contributed by atoms with E-state index in [4.69, 9.17) is 5.73 Å². The summed E-state index contributed by atoms with van der Waals surface area (Å²) >= 11 is 1.84. The quantitative estimate of drug-likeness (QED) is 0.800. The fourth-order valence-corrected chi connectivity index (χ4v) is 4.01. The molecule has 3 aromatic rings.